The summed E-state index contributed by atoms with van der Waals surface area (Å²) in [5.74, 6) is 0.313. The van der Waals surface area contributed by atoms with Crippen LogP contribution in [-0.4, -0.2) is 52.1 Å². The molecule has 1 aliphatic carbocycles. The van der Waals surface area contributed by atoms with Gasteiger partial charge in [-0.25, -0.2) is 14.0 Å². The smallest absolute Gasteiger partial charge is 0.450 e. The molecule has 0 atom stereocenters. The Balaban J connectivity index is 0.000000890. The predicted molar refractivity (Wildman–Crippen MR) is 125 cm³/mol. The monoisotopic (exact) mass is 460 g/mol. The van der Waals surface area contributed by atoms with Crippen LogP contribution in [0.2, 0.25) is 0 Å². The van der Waals surface area contributed by atoms with Gasteiger partial charge in [0.05, 0.1) is 13.2 Å². The van der Waals surface area contributed by atoms with Gasteiger partial charge in [0.15, 0.2) is 0 Å². The second-order valence-electron chi connectivity index (χ2n) is 8.01. The Morgan fingerprint density at radius 2 is 1.55 bits per heavy atom. The molecule has 0 spiro atoms. The summed E-state index contributed by atoms with van der Waals surface area (Å²) in [5, 5.41) is 23.2. The summed E-state index contributed by atoms with van der Waals surface area (Å²) in [4.78, 5) is 24.9. The molecule has 0 unspecified atom stereocenters. The van der Waals surface area contributed by atoms with Crippen molar-refractivity contribution >= 4 is 17.9 Å². The molecular weight excluding hydrogens is 427 g/mol. The molecule has 3 N–H and O–H groups in total. The van der Waals surface area contributed by atoms with Gasteiger partial charge in [-0.05, 0) is 61.1 Å². The summed E-state index contributed by atoms with van der Waals surface area (Å²) in [6, 6.07) is 14.3. The topological polar surface area (TPSA) is 101 Å². The highest BCUT2D eigenvalue weighted by molar-refractivity contribution is 5.92. The van der Waals surface area contributed by atoms with E-state index in [0.29, 0.717) is 24.7 Å². The largest absolute Gasteiger partial charge is 0.503 e. The number of aliphatic hydroxyl groups is 1. The summed E-state index contributed by atoms with van der Waals surface area (Å²) in [5.41, 5.74) is 3.05. The van der Waals surface area contributed by atoms with Gasteiger partial charge in [-0.15, -0.1) is 0 Å². The van der Waals surface area contributed by atoms with E-state index >= 15 is 0 Å². The third-order valence-electron chi connectivity index (χ3n) is 5.79. The molecule has 3 rings (SSSR count). The summed E-state index contributed by atoms with van der Waals surface area (Å²) >= 11 is 0. The van der Waals surface area contributed by atoms with Crippen LogP contribution in [0.5, 0.6) is 0 Å². The van der Waals surface area contributed by atoms with Gasteiger partial charge in [-0.2, -0.15) is 0 Å². The third kappa shape index (κ3) is 8.38. The zero-order valence-corrected chi connectivity index (χ0v) is 19.0. The van der Waals surface area contributed by atoms with E-state index in [1.54, 1.807) is 21.9 Å². The lowest BCUT2D eigenvalue weighted by Crippen LogP contribution is -2.44. The van der Waals surface area contributed by atoms with Gasteiger partial charge in [0.1, 0.15) is 5.82 Å². The number of anilines is 1. The first-order valence-electron chi connectivity index (χ1n) is 11.3. The fraction of sp³-hybridized carbons (Fsp3) is 0.440. The number of nitrogens with zero attached hydrogens (tertiary/aromatic N) is 2. The highest BCUT2D eigenvalue weighted by Gasteiger charge is 2.22. The maximum atomic E-state index is 13.4. The Labute approximate surface area is 194 Å². The van der Waals surface area contributed by atoms with Gasteiger partial charge in [-0.1, -0.05) is 43.5 Å². The first kappa shape index (κ1) is 26.1. The molecule has 0 heterocycles. The first-order chi connectivity index (χ1) is 15.8. The highest BCUT2D eigenvalue weighted by Crippen LogP contribution is 2.32. The minimum atomic E-state index is -1.83. The number of amides is 2. The van der Waals surface area contributed by atoms with Crippen molar-refractivity contribution in [1.82, 2.24) is 4.90 Å². The number of carboxylic acid groups (broad SMARTS) is 2. The van der Waals surface area contributed by atoms with Crippen LogP contribution >= 0.6 is 0 Å². The number of aliphatic hydroxyl groups excluding tert-OH is 1. The Kier molecular flexibility index (Phi) is 10.6. The Morgan fingerprint density at radius 3 is 2.06 bits per heavy atom. The quantitative estimate of drug-likeness (QED) is 0.504. The van der Waals surface area contributed by atoms with Crippen LogP contribution in [0, 0.1) is 5.82 Å². The number of carbonyl (C=O) groups excluding carboxylic acids is 1. The van der Waals surface area contributed by atoms with Crippen LogP contribution in [0.4, 0.5) is 19.7 Å². The zero-order chi connectivity index (χ0) is 24.2. The van der Waals surface area contributed by atoms with Crippen molar-refractivity contribution in [1.29, 1.82) is 0 Å². The molecule has 0 aromatic heterocycles. The van der Waals surface area contributed by atoms with Crippen molar-refractivity contribution in [2.45, 2.75) is 51.5 Å². The molecule has 0 aliphatic heterocycles. The number of hydrogen-bond donors (Lipinski definition) is 3. The van der Waals surface area contributed by atoms with Crippen molar-refractivity contribution in [3.63, 3.8) is 0 Å². The fourth-order valence-corrected chi connectivity index (χ4v) is 4.08. The lowest BCUT2D eigenvalue weighted by molar-refractivity contribution is 0.137. The van der Waals surface area contributed by atoms with Gasteiger partial charge < -0.3 is 20.2 Å². The van der Waals surface area contributed by atoms with Crippen molar-refractivity contribution in [2.24, 2.45) is 0 Å². The van der Waals surface area contributed by atoms with Crippen molar-refractivity contribution in [3.05, 3.63) is 65.5 Å². The number of urea groups is 1. The predicted octanol–water partition coefficient (Wildman–Crippen LogP) is 5.54. The number of benzene rings is 2. The fourth-order valence-electron chi connectivity index (χ4n) is 4.08. The molecule has 2 aromatic carbocycles. The van der Waals surface area contributed by atoms with Gasteiger partial charge in [0, 0.05) is 18.8 Å². The van der Waals surface area contributed by atoms with Crippen LogP contribution < -0.4 is 4.90 Å². The number of carbonyl (C=O) groups is 2. The molecule has 0 bridgehead atoms. The molecule has 2 aromatic rings. The lowest BCUT2D eigenvalue weighted by atomic mass is 9.84. The van der Waals surface area contributed by atoms with E-state index in [0.717, 1.165) is 5.56 Å². The lowest BCUT2D eigenvalue weighted by Gasteiger charge is -2.30. The van der Waals surface area contributed by atoms with E-state index in [-0.39, 0.29) is 25.0 Å². The zero-order valence-electron chi connectivity index (χ0n) is 19.0. The minimum absolute atomic E-state index is 0.0904. The van der Waals surface area contributed by atoms with Crippen molar-refractivity contribution < 1.29 is 29.3 Å². The normalized spacial score (nSPS) is 13.5. The molecule has 33 heavy (non-hydrogen) atoms. The van der Waals surface area contributed by atoms with E-state index in [2.05, 4.69) is 24.3 Å². The van der Waals surface area contributed by atoms with Crippen molar-refractivity contribution in [2.75, 3.05) is 24.6 Å². The maximum absolute atomic E-state index is 13.4. The van der Waals surface area contributed by atoms with E-state index in [4.69, 9.17) is 15.0 Å². The molecule has 1 saturated carbocycles. The van der Waals surface area contributed by atoms with Crippen LogP contribution in [-0.2, 0) is 6.54 Å². The van der Waals surface area contributed by atoms with E-state index < -0.39 is 6.16 Å². The van der Waals surface area contributed by atoms with Gasteiger partial charge in [-0.3, -0.25) is 4.90 Å². The molecule has 0 radical (unpaired) electrons. The molecular formula is C25H33FN2O5. The average molecular weight is 461 g/mol. The van der Waals surface area contributed by atoms with Crippen LogP contribution in [0.25, 0.3) is 0 Å². The maximum Gasteiger partial charge on any atom is 0.503 e. The van der Waals surface area contributed by atoms with Crippen LogP contribution in [0.15, 0.2) is 48.5 Å². The molecule has 0 saturated heterocycles. The second-order valence-corrected chi connectivity index (χ2v) is 8.01. The first-order valence-corrected chi connectivity index (χ1v) is 11.3. The van der Waals surface area contributed by atoms with Crippen molar-refractivity contribution in [3.8, 4) is 0 Å². The Hall–Kier alpha value is -3.13. The van der Waals surface area contributed by atoms with Crippen LogP contribution in [0.3, 0.4) is 0 Å². The van der Waals surface area contributed by atoms with E-state index in [9.17, 15) is 14.3 Å². The summed E-state index contributed by atoms with van der Waals surface area (Å²) in [6.07, 6.45) is 4.62. The molecule has 1 fully saturated rings. The standard InChI is InChI=1S/C24H31FN2O2.CH2O3/c1-2-26(16-17-28)24(29)27(23-14-12-22(25)13-15-23)18-19-8-10-21(11-9-19)20-6-4-3-5-7-20;2-1(3)4/h8-15,20,28H,2-7,16-18H2,1H3;(H2,2,3,4). The van der Waals surface area contributed by atoms with E-state index in [1.807, 2.05) is 6.92 Å². The molecule has 180 valence electrons. The average Bonchev–Trinajstić information content (AvgIpc) is 2.82. The SMILES string of the molecule is CCN(CCO)C(=O)N(Cc1ccc(C2CCCCC2)cc1)c1ccc(F)cc1.O=C(O)O. The molecule has 1 aliphatic rings. The van der Waals surface area contributed by atoms with Gasteiger partial charge >= 0.3 is 12.2 Å². The third-order valence-corrected chi connectivity index (χ3v) is 5.79. The van der Waals surface area contributed by atoms with Gasteiger partial charge in [0.2, 0.25) is 0 Å². The summed E-state index contributed by atoms with van der Waals surface area (Å²) in [7, 11) is 0. The van der Waals surface area contributed by atoms with Crippen LogP contribution in [0.1, 0.15) is 56.1 Å². The molecule has 2 amide bonds. The second kappa shape index (κ2) is 13.4. The van der Waals surface area contributed by atoms with E-state index in [1.165, 1.54) is 49.8 Å². The summed E-state index contributed by atoms with van der Waals surface area (Å²) in [6.45, 7) is 2.96. The Bertz CT molecular complexity index is 863. The molecule has 8 heteroatoms. The number of likely N-dealkylation sites (N-methyl/N-ethyl adjacent to an activating group) is 1. The minimum Gasteiger partial charge on any atom is -0.450 e. The highest BCUT2D eigenvalue weighted by atomic mass is 19.1. The number of halogens is 1. The molecule has 7 nitrogen and oxygen atoms in total. The number of rotatable bonds is 7. The Morgan fingerprint density at radius 1 is 0.970 bits per heavy atom. The summed E-state index contributed by atoms with van der Waals surface area (Å²) < 4.78 is 13.4. The number of hydrogen-bond acceptors (Lipinski definition) is 3. The van der Waals surface area contributed by atoms with Gasteiger partial charge in [0.25, 0.3) is 0 Å².